The van der Waals surface area contributed by atoms with Gasteiger partial charge in [0.25, 0.3) is 5.91 Å². The molecule has 0 spiro atoms. The van der Waals surface area contributed by atoms with Gasteiger partial charge in [-0.1, -0.05) is 23.4 Å². The van der Waals surface area contributed by atoms with Crippen LogP contribution in [0.5, 0.6) is 0 Å². The summed E-state index contributed by atoms with van der Waals surface area (Å²) in [6.07, 6.45) is 0.677. The molecule has 0 saturated heterocycles. The normalized spacial score (nSPS) is 10.2. The van der Waals surface area contributed by atoms with Crippen LogP contribution >= 0.6 is 0 Å². The van der Waals surface area contributed by atoms with Gasteiger partial charge < -0.3 is 9.84 Å². The number of amides is 1. The van der Waals surface area contributed by atoms with Crippen LogP contribution in [0, 0.1) is 6.92 Å². The van der Waals surface area contributed by atoms with Gasteiger partial charge in [0.05, 0.1) is 5.69 Å². The van der Waals surface area contributed by atoms with Gasteiger partial charge in [-0.05, 0) is 19.1 Å². The van der Waals surface area contributed by atoms with E-state index in [1.165, 1.54) is 0 Å². The van der Waals surface area contributed by atoms with Crippen LogP contribution in [0.2, 0.25) is 0 Å². The third kappa shape index (κ3) is 3.17. The minimum absolute atomic E-state index is 0.0641. The number of aromatic nitrogens is 1. The molecular formula is C13H14N2O2. The maximum atomic E-state index is 11.7. The van der Waals surface area contributed by atoms with E-state index in [9.17, 15) is 4.79 Å². The van der Waals surface area contributed by atoms with E-state index < -0.39 is 0 Å². The fraction of sp³-hybridized carbons (Fsp3) is 0.231. The average Bonchev–Trinajstić information content (AvgIpc) is 2.76. The number of hydrogen-bond acceptors (Lipinski definition) is 3. The Morgan fingerprint density at radius 3 is 2.76 bits per heavy atom. The van der Waals surface area contributed by atoms with Gasteiger partial charge in [0.2, 0.25) is 0 Å². The second-order valence-corrected chi connectivity index (χ2v) is 3.80. The van der Waals surface area contributed by atoms with Crippen molar-refractivity contribution in [2.75, 3.05) is 6.54 Å². The summed E-state index contributed by atoms with van der Waals surface area (Å²) in [5.41, 5.74) is 1.53. The second-order valence-electron chi connectivity index (χ2n) is 3.80. The molecule has 0 unspecified atom stereocenters. The summed E-state index contributed by atoms with van der Waals surface area (Å²) in [4.78, 5) is 11.7. The average molecular weight is 230 g/mol. The number of nitrogens with zero attached hydrogens (tertiary/aromatic N) is 1. The number of carbonyl (C=O) groups is 1. The monoisotopic (exact) mass is 230 g/mol. The Kier molecular flexibility index (Phi) is 3.55. The topological polar surface area (TPSA) is 55.1 Å². The molecule has 0 aliphatic heterocycles. The fourth-order valence-electron chi connectivity index (χ4n) is 1.53. The Hall–Kier alpha value is -2.10. The quantitative estimate of drug-likeness (QED) is 0.873. The molecule has 88 valence electrons. The third-order valence-electron chi connectivity index (χ3n) is 2.38. The number of benzene rings is 1. The molecule has 0 fully saturated rings. The van der Waals surface area contributed by atoms with Crippen LogP contribution in [0.3, 0.4) is 0 Å². The van der Waals surface area contributed by atoms with Crippen molar-refractivity contribution < 1.29 is 9.32 Å². The molecule has 1 N–H and O–H groups in total. The standard InChI is InChI=1S/C13H14N2O2/c1-10-9-12(15-17-10)7-8-14-13(16)11-5-3-2-4-6-11/h2-6,9H,7-8H2,1H3,(H,14,16). The number of rotatable bonds is 4. The van der Waals surface area contributed by atoms with Gasteiger partial charge in [-0.3, -0.25) is 4.79 Å². The predicted molar refractivity (Wildman–Crippen MR) is 63.7 cm³/mol. The van der Waals surface area contributed by atoms with Crippen molar-refractivity contribution in [2.45, 2.75) is 13.3 Å². The molecule has 17 heavy (non-hydrogen) atoms. The first-order valence-corrected chi connectivity index (χ1v) is 5.51. The Morgan fingerprint density at radius 2 is 2.12 bits per heavy atom. The lowest BCUT2D eigenvalue weighted by molar-refractivity contribution is 0.0954. The van der Waals surface area contributed by atoms with Gasteiger partial charge in [-0.25, -0.2) is 0 Å². The summed E-state index contributed by atoms with van der Waals surface area (Å²) in [5, 5.41) is 6.70. The lowest BCUT2D eigenvalue weighted by Crippen LogP contribution is -2.25. The minimum atomic E-state index is -0.0641. The number of hydrogen-bond donors (Lipinski definition) is 1. The summed E-state index contributed by atoms with van der Waals surface area (Å²) >= 11 is 0. The zero-order valence-corrected chi connectivity index (χ0v) is 9.64. The van der Waals surface area contributed by atoms with Crippen LogP contribution < -0.4 is 5.32 Å². The summed E-state index contributed by atoms with van der Waals surface area (Å²) < 4.78 is 4.94. The zero-order valence-electron chi connectivity index (χ0n) is 9.64. The molecule has 0 atom stereocenters. The van der Waals surface area contributed by atoms with Gasteiger partial charge in [0, 0.05) is 24.6 Å². The van der Waals surface area contributed by atoms with Crippen LogP contribution in [0.1, 0.15) is 21.8 Å². The molecule has 0 bridgehead atoms. The first-order chi connectivity index (χ1) is 8.25. The van der Waals surface area contributed by atoms with E-state index in [2.05, 4.69) is 10.5 Å². The number of aryl methyl sites for hydroxylation is 1. The van der Waals surface area contributed by atoms with Gasteiger partial charge in [0.15, 0.2) is 0 Å². The van der Waals surface area contributed by atoms with Crippen molar-refractivity contribution in [3.05, 3.63) is 53.4 Å². The first-order valence-electron chi connectivity index (χ1n) is 5.51. The molecule has 2 rings (SSSR count). The van der Waals surface area contributed by atoms with E-state index in [0.29, 0.717) is 18.5 Å². The lowest BCUT2D eigenvalue weighted by Gasteiger charge is -2.03. The maximum absolute atomic E-state index is 11.7. The van der Waals surface area contributed by atoms with Crippen molar-refractivity contribution in [1.29, 1.82) is 0 Å². The molecule has 0 aliphatic carbocycles. The summed E-state index contributed by atoms with van der Waals surface area (Å²) in [6.45, 7) is 2.40. The first kappa shape index (κ1) is 11.4. The van der Waals surface area contributed by atoms with Gasteiger partial charge in [0.1, 0.15) is 5.76 Å². The highest BCUT2D eigenvalue weighted by Crippen LogP contribution is 2.02. The largest absolute Gasteiger partial charge is 0.361 e. The fourth-order valence-corrected chi connectivity index (χ4v) is 1.53. The van der Waals surface area contributed by atoms with Crippen LogP contribution in [-0.2, 0) is 6.42 Å². The Balaban J connectivity index is 1.81. The van der Waals surface area contributed by atoms with E-state index in [-0.39, 0.29) is 5.91 Å². The molecule has 1 amide bonds. The molecule has 0 aliphatic rings. The highest BCUT2D eigenvalue weighted by Gasteiger charge is 2.04. The Morgan fingerprint density at radius 1 is 1.35 bits per heavy atom. The number of carbonyl (C=O) groups excluding carboxylic acids is 1. The molecule has 1 aromatic carbocycles. The van der Waals surface area contributed by atoms with Crippen molar-refractivity contribution in [3.8, 4) is 0 Å². The molecule has 4 heteroatoms. The molecule has 2 aromatic rings. The van der Waals surface area contributed by atoms with Crippen LogP contribution in [0.15, 0.2) is 40.9 Å². The molecule has 1 heterocycles. The summed E-state index contributed by atoms with van der Waals surface area (Å²) in [5.74, 6) is 0.722. The van der Waals surface area contributed by atoms with Crippen molar-refractivity contribution in [1.82, 2.24) is 10.5 Å². The SMILES string of the molecule is Cc1cc(CCNC(=O)c2ccccc2)no1. The van der Waals surface area contributed by atoms with Crippen LogP contribution in [0.4, 0.5) is 0 Å². The van der Waals surface area contributed by atoms with E-state index in [4.69, 9.17) is 4.52 Å². The van der Waals surface area contributed by atoms with Crippen molar-refractivity contribution in [3.63, 3.8) is 0 Å². The summed E-state index contributed by atoms with van der Waals surface area (Å²) in [6, 6.07) is 11.0. The van der Waals surface area contributed by atoms with E-state index in [1.54, 1.807) is 12.1 Å². The minimum Gasteiger partial charge on any atom is -0.361 e. The highest BCUT2D eigenvalue weighted by atomic mass is 16.5. The number of nitrogens with one attached hydrogen (secondary N) is 1. The van der Waals surface area contributed by atoms with E-state index in [1.807, 2.05) is 31.2 Å². The molecule has 0 saturated carbocycles. The molecule has 4 nitrogen and oxygen atoms in total. The van der Waals surface area contributed by atoms with Gasteiger partial charge >= 0.3 is 0 Å². The smallest absolute Gasteiger partial charge is 0.251 e. The van der Waals surface area contributed by atoms with Crippen molar-refractivity contribution in [2.24, 2.45) is 0 Å². The van der Waals surface area contributed by atoms with Crippen LogP contribution in [0.25, 0.3) is 0 Å². The van der Waals surface area contributed by atoms with Gasteiger partial charge in [-0.2, -0.15) is 0 Å². The lowest BCUT2D eigenvalue weighted by atomic mass is 10.2. The molecule has 1 aromatic heterocycles. The Bertz CT molecular complexity index is 491. The second kappa shape index (κ2) is 5.30. The van der Waals surface area contributed by atoms with Crippen molar-refractivity contribution >= 4 is 5.91 Å². The predicted octanol–water partition coefficient (Wildman–Crippen LogP) is 1.96. The van der Waals surface area contributed by atoms with E-state index >= 15 is 0 Å². The maximum Gasteiger partial charge on any atom is 0.251 e. The summed E-state index contributed by atoms with van der Waals surface area (Å²) in [7, 11) is 0. The molecular weight excluding hydrogens is 216 g/mol. The van der Waals surface area contributed by atoms with E-state index in [0.717, 1.165) is 11.5 Å². The Labute approximate surface area is 99.6 Å². The van der Waals surface area contributed by atoms with Crippen LogP contribution in [-0.4, -0.2) is 17.6 Å². The zero-order chi connectivity index (χ0) is 12.1. The molecule has 0 radical (unpaired) electrons. The highest BCUT2D eigenvalue weighted by molar-refractivity contribution is 5.94. The van der Waals surface area contributed by atoms with Gasteiger partial charge in [-0.15, -0.1) is 0 Å². The third-order valence-corrected chi connectivity index (χ3v) is 2.38.